The van der Waals surface area contributed by atoms with E-state index in [0.29, 0.717) is 12.8 Å². The molecule has 0 aromatic carbocycles. The molecule has 1 fully saturated rings. The molecule has 2 N–H and O–H groups in total. The van der Waals surface area contributed by atoms with Crippen LogP contribution in [-0.2, 0) is 15.1 Å². The Balaban J connectivity index is 2.02. The van der Waals surface area contributed by atoms with Crippen molar-refractivity contribution in [3.8, 4) is 0 Å². The number of thiazole rings is 1. The molecule has 0 spiro atoms. The second-order valence-corrected chi connectivity index (χ2v) is 4.54. The molecule has 1 aromatic rings. The van der Waals surface area contributed by atoms with Crippen LogP contribution in [0.15, 0.2) is 11.7 Å². The van der Waals surface area contributed by atoms with Gasteiger partial charge in [0.25, 0.3) is 0 Å². The number of nitrogens with zero attached hydrogens (tertiary/aromatic N) is 1. The third kappa shape index (κ3) is 1.42. The van der Waals surface area contributed by atoms with Gasteiger partial charge in [0.15, 0.2) is 0 Å². The molecular formula is C9H12N2O2S. The van der Waals surface area contributed by atoms with Crippen molar-refractivity contribution in [1.29, 1.82) is 0 Å². The maximum Gasteiger partial charge on any atom is 0.308 e. The zero-order chi connectivity index (χ0) is 10.2. The lowest BCUT2D eigenvalue weighted by Crippen LogP contribution is -2.51. The summed E-state index contributed by atoms with van der Waals surface area (Å²) >= 11 is 1.54. The van der Waals surface area contributed by atoms with E-state index in [-0.39, 0.29) is 17.4 Å². The highest BCUT2D eigenvalue weighted by atomic mass is 32.1. The second kappa shape index (κ2) is 3.33. The number of hydrogen-bond acceptors (Lipinski definition) is 5. The lowest BCUT2D eigenvalue weighted by atomic mass is 9.68. The van der Waals surface area contributed by atoms with Crippen LogP contribution in [0.5, 0.6) is 0 Å². The molecule has 2 rings (SSSR count). The normalized spacial score (nSPS) is 30.9. The number of carbonyl (C=O) groups is 1. The summed E-state index contributed by atoms with van der Waals surface area (Å²) in [7, 11) is 1.41. The molecule has 4 nitrogen and oxygen atoms in total. The third-order valence-electron chi connectivity index (χ3n) is 2.68. The fourth-order valence-corrected chi connectivity index (χ4v) is 2.57. The van der Waals surface area contributed by atoms with E-state index < -0.39 is 0 Å². The van der Waals surface area contributed by atoms with Gasteiger partial charge >= 0.3 is 5.97 Å². The first-order valence-corrected chi connectivity index (χ1v) is 5.29. The van der Waals surface area contributed by atoms with Crippen LogP contribution < -0.4 is 5.73 Å². The molecule has 1 heterocycles. The van der Waals surface area contributed by atoms with E-state index in [4.69, 9.17) is 5.73 Å². The predicted octanol–water partition coefficient (Wildman–Crippen LogP) is 0.880. The van der Waals surface area contributed by atoms with Crippen LogP contribution in [0.25, 0.3) is 0 Å². The topological polar surface area (TPSA) is 65.2 Å². The van der Waals surface area contributed by atoms with Crippen molar-refractivity contribution < 1.29 is 9.53 Å². The van der Waals surface area contributed by atoms with Gasteiger partial charge in [-0.2, -0.15) is 0 Å². The lowest BCUT2D eigenvalue weighted by Gasteiger charge is -2.42. The van der Waals surface area contributed by atoms with Gasteiger partial charge in [0.1, 0.15) is 0 Å². The number of aromatic nitrogens is 1. The Morgan fingerprint density at radius 1 is 1.79 bits per heavy atom. The molecule has 76 valence electrons. The Labute approximate surface area is 86.1 Å². The number of esters is 1. The Hall–Kier alpha value is -0.940. The standard InChI is InChI=1S/C9H12N2O2S/c1-13-8(12)6-2-9(10,3-6)7-4-11-5-14-7/h4-6H,2-3,10H2,1H3. The number of carbonyl (C=O) groups excluding carboxylic acids is 1. The van der Waals surface area contributed by atoms with Crippen molar-refractivity contribution in [1.82, 2.24) is 4.98 Å². The Kier molecular flexibility index (Phi) is 2.28. The molecule has 1 saturated carbocycles. The van der Waals surface area contributed by atoms with Gasteiger partial charge in [-0.3, -0.25) is 9.78 Å². The van der Waals surface area contributed by atoms with Crippen LogP contribution in [0.3, 0.4) is 0 Å². The summed E-state index contributed by atoms with van der Waals surface area (Å²) in [5.74, 6) is -0.192. The summed E-state index contributed by atoms with van der Waals surface area (Å²) in [6.45, 7) is 0. The van der Waals surface area contributed by atoms with Gasteiger partial charge in [0, 0.05) is 11.1 Å². The first-order chi connectivity index (χ1) is 6.65. The maximum atomic E-state index is 11.2. The quantitative estimate of drug-likeness (QED) is 0.739. The fourth-order valence-electron chi connectivity index (χ4n) is 1.82. The van der Waals surface area contributed by atoms with Gasteiger partial charge < -0.3 is 10.5 Å². The molecule has 0 saturated heterocycles. The zero-order valence-electron chi connectivity index (χ0n) is 7.90. The largest absolute Gasteiger partial charge is 0.469 e. The molecule has 0 amide bonds. The maximum absolute atomic E-state index is 11.2. The van der Waals surface area contributed by atoms with Crippen molar-refractivity contribution in [2.45, 2.75) is 18.4 Å². The van der Waals surface area contributed by atoms with Crippen LogP contribution in [0.1, 0.15) is 17.7 Å². The van der Waals surface area contributed by atoms with Crippen LogP contribution in [-0.4, -0.2) is 18.1 Å². The number of methoxy groups -OCH3 is 1. The van der Waals surface area contributed by atoms with E-state index in [0.717, 1.165) is 4.88 Å². The summed E-state index contributed by atoms with van der Waals surface area (Å²) in [6.07, 6.45) is 3.11. The van der Waals surface area contributed by atoms with Gasteiger partial charge in [-0.25, -0.2) is 0 Å². The number of ether oxygens (including phenoxy) is 1. The number of rotatable bonds is 2. The van der Waals surface area contributed by atoms with Crippen molar-refractivity contribution in [3.05, 3.63) is 16.6 Å². The Morgan fingerprint density at radius 2 is 2.50 bits per heavy atom. The lowest BCUT2D eigenvalue weighted by molar-refractivity contribution is -0.151. The molecule has 1 aliphatic rings. The average Bonchev–Trinajstić information content (AvgIpc) is 2.64. The van der Waals surface area contributed by atoms with Gasteiger partial charge in [-0.15, -0.1) is 11.3 Å². The van der Waals surface area contributed by atoms with Crippen molar-refractivity contribution in [2.24, 2.45) is 11.7 Å². The van der Waals surface area contributed by atoms with E-state index in [9.17, 15) is 4.79 Å². The zero-order valence-corrected chi connectivity index (χ0v) is 8.71. The van der Waals surface area contributed by atoms with Crippen LogP contribution in [0.4, 0.5) is 0 Å². The van der Waals surface area contributed by atoms with Gasteiger partial charge in [-0.1, -0.05) is 0 Å². The van der Waals surface area contributed by atoms with Crippen molar-refractivity contribution >= 4 is 17.3 Å². The molecule has 5 heteroatoms. The van der Waals surface area contributed by atoms with Gasteiger partial charge in [0.05, 0.1) is 24.1 Å². The monoisotopic (exact) mass is 212 g/mol. The van der Waals surface area contributed by atoms with Crippen LogP contribution in [0, 0.1) is 5.92 Å². The molecule has 0 radical (unpaired) electrons. The summed E-state index contributed by atoms with van der Waals surface area (Å²) in [5, 5.41) is 0. The smallest absolute Gasteiger partial charge is 0.308 e. The highest BCUT2D eigenvalue weighted by Crippen LogP contribution is 2.45. The fraction of sp³-hybridized carbons (Fsp3) is 0.556. The second-order valence-electron chi connectivity index (χ2n) is 3.65. The van der Waals surface area contributed by atoms with E-state index in [2.05, 4.69) is 9.72 Å². The van der Waals surface area contributed by atoms with Crippen LogP contribution in [0.2, 0.25) is 0 Å². The van der Waals surface area contributed by atoms with E-state index in [1.807, 2.05) is 0 Å². The van der Waals surface area contributed by atoms with Crippen molar-refractivity contribution in [3.63, 3.8) is 0 Å². The molecule has 14 heavy (non-hydrogen) atoms. The first-order valence-electron chi connectivity index (χ1n) is 4.41. The highest BCUT2D eigenvalue weighted by molar-refractivity contribution is 7.09. The average molecular weight is 212 g/mol. The van der Waals surface area contributed by atoms with Gasteiger partial charge in [0.2, 0.25) is 0 Å². The summed E-state index contributed by atoms with van der Waals surface area (Å²) in [6, 6.07) is 0. The third-order valence-corrected chi connectivity index (χ3v) is 3.67. The molecule has 0 aliphatic heterocycles. The van der Waals surface area contributed by atoms with E-state index >= 15 is 0 Å². The Morgan fingerprint density at radius 3 is 3.00 bits per heavy atom. The summed E-state index contributed by atoms with van der Waals surface area (Å²) < 4.78 is 4.66. The SMILES string of the molecule is COC(=O)C1CC(N)(c2cncs2)C1. The number of nitrogens with two attached hydrogens (primary N) is 1. The van der Waals surface area contributed by atoms with Crippen molar-refractivity contribution in [2.75, 3.05) is 7.11 Å². The van der Waals surface area contributed by atoms with Crippen LogP contribution >= 0.6 is 11.3 Å². The molecule has 1 aromatic heterocycles. The minimum absolute atomic E-state index is 0.0351. The Bertz CT molecular complexity index is 331. The minimum Gasteiger partial charge on any atom is -0.469 e. The molecule has 0 unspecified atom stereocenters. The molecule has 1 aliphatic carbocycles. The number of hydrogen-bond donors (Lipinski definition) is 1. The first kappa shape index (κ1) is 9.61. The predicted molar refractivity (Wildman–Crippen MR) is 52.7 cm³/mol. The highest BCUT2D eigenvalue weighted by Gasteiger charge is 2.47. The molecular weight excluding hydrogens is 200 g/mol. The summed E-state index contributed by atoms with van der Waals surface area (Å²) in [5.41, 5.74) is 7.53. The minimum atomic E-state index is -0.347. The van der Waals surface area contributed by atoms with Gasteiger partial charge in [-0.05, 0) is 12.8 Å². The van der Waals surface area contributed by atoms with E-state index in [1.165, 1.54) is 18.4 Å². The summed E-state index contributed by atoms with van der Waals surface area (Å²) in [4.78, 5) is 16.2. The molecule has 0 atom stereocenters. The van der Waals surface area contributed by atoms with E-state index in [1.54, 1.807) is 11.7 Å². The molecule has 0 bridgehead atoms.